The van der Waals surface area contributed by atoms with Gasteiger partial charge in [-0.2, -0.15) is 0 Å². The number of aliphatic hydroxyl groups is 1. The zero-order valence-corrected chi connectivity index (χ0v) is 11.5. The van der Waals surface area contributed by atoms with E-state index < -0.39 is 9.84 Å². The summed E-state index contributed by atoms with van der Waals surface area (Å²) in [6.07, 6.45) is 0. The van der Waals surface area contributed by atoms with Crippen molar-refractivity contribution in [2.24, 2.45) is 5.92 Å². The first kappa shape index (κ1) is 13.8. The third kappa shape index (κ3) is 3.23. The Morgan fingerprint density at radius 2 is 1.89 bits per heavy atom. The molecular formula is C12H16ClNO3S. The Balaban J connectivity index is 1.90. The maximum Gasteiger partial charge on any atom is 0.179 e. The van der Waals surface area contributed by atoms with Crippen molar-refractivity contribution in [3.05, 3.63) is 29.3 Å². The minimum atomic E-state index is -3.24. The molecule has 6 heteroatoms. The van der Waals surface area contributed by atoms with Crippen LogP contribution in [0.2, 0.25) is 5.02 Å². The molecule has 1 aliphatic rings. The van der Waals surface area contributed by atoms with Crippen LogP contribution in [0.3, 0.4) is 0 Å². The van der Waals surface area contributed by atoms with Gasteiger partial charge in [-0.05, 0) is 24.3 Å². The summed E-state index contributed by atoms with van der Waals surface area (Å²) in [5.41, 5.74) is 0. The van der Waals surface area contributed by atoms with Gasteiger partial charge in [-0.3, -0.25) is 0 Å². The molecule has 1 N–H and O–H groups in total. The van der Waals surface area contributed by atoms with Gasteiger partial charge in [-0.1, -0.05) is 11.6 Å². The molecule has 0 atom stereocenters. The average Bonchev–Trinajstić information content (AvgIpc) is 2.28. The van der Waals surface area contributed by atoms with Gasteiger partial charge >= 0.3 is 0 Å². The maximum absolute atomic E-state index is 12.0. The molecule has 0 unspecified atom stereocenters. The minimum Gasteiger partial charge on any atom is -0.396 e. The number of sulfone groups is 1. The van der Waals surface area contributed by atoms with E-state index in [9.17, 15) is 8.42 Å². The second kappa shape index (κ2) is 5.57. The third-order valence-electron chi connectivity index (χ3n) is 3.14. The van der Waals surface area contributed by atoms with Gasteiger partial charge in [0.2, 0.25) is 0 Å². The van der Waals surface area contributed by atoms with Crippen LogP contribution in [0.25, 0.3) is 0 Å². The van der Waals surface area contributed by atoms with Crippen LogP contribution in [0.5, 0.6) is 0 Å². The molecule has 1 fully saturated rings. The first-order chi connectivity index (χ1) is 8.51. The summed E-state index contributed by atoms with van der Waals surface area (Å²) in [6, 6.07) is 6.23. The molecule has 0 amide bonds. The average molecular weight is 290 g/mol. The smallest absolute Gasteiger partial charge is 0.179 e. The highest BCUT2D eigenvalue weighted by Crippen LogP contribution is 2.18. The van der Waals surface area contributed by atoms with Crippen LogP contribution >= 0.6 is 11.6 Å². The topological polar surface area (TPSA) is 57.6 Å². The van der Waals surface area contributed by atoms with Crippen molar-refractivity contribution in [3.63, 3.8) is 0 Å². The van der Waals surface area contributed by atoms with E-state index in [1.807, 2.05) is 4.90 Å². The van der Waals surface area contributed by atoms with E-state index >= 15 is 0 Å². The van der Waals surface area contributed by atoms with Crippen LogP contribution in [0.15, 0.2) is 29.2 Å². The van der Waals surface area contributed by atoms with Crippen molar-refractivity contribution in [2.45, 2.75) is 4.90 Å². The Morgan fingerprint density at radius 1 is 1.28 bits per heavy atom. The van der Waals surface area contributed by atoms with Crippen LogP contribution in [0.4, 0.5) is 0 Å². The van der Waals surface area contributed by atoms with E-state index in [0.29, 0.717) is 22.4 Å². The lowest BCUT2D eigenvalue weighted by atomic mass is 10.0. The Hall–Kier alpha value is -0.620. The van der Waals surface area contributed by atoms with Gasteiger partial charge < -0.3 is 10.0 Å². The number of rotatable bonds is 5. The van der Waals surface area contributed by atoms with E-state index in [2.05, 4.69) is 0 Å². The van der Waals surface area contributed by atoms with Crippen LogP contribution in [0, 0.1) is 5.92 Å². The van der Waals surface area contributed by atoms with Gasteiger partial charge in [0.15, 0.2) is 9.84 Å². The van der Waals surface area contributed by atoms with Crippen molar-refractivity contribution in [3.8, 4) is 0 Å². The lowest BCUT2D eigenvalue weighted by Gasteiger charge is -2.38. The number of hydrogen-bond acceptors (Lipinski definition) is 4. The van der Waals surface area contributed by atoms with Crippen molar-refractivity contribution in [2.75, 3.05) is 32.0 Å². The Morgan fingerprint density at radius 3 is 2.44 bits per heavy atom. The van der Waals surface area contributed by atoms with Gasteiger partial charge in [-0.25, -0.2) is 8.42 Å². The highest BCUT2D eigenvalue weighted by atomic mass is 35.5. The number of benzene rings is 1. The molecule has 2 rings (SSSR count). The second-order valence-electron chi connectivity index (χ2n) is 4.58. The van der Waals surface area contributed by atoms with Gasteiger partial charge in [0.05, 0.1) is 10.6 Å². The fourth-order valence-electron chi connectivity index (χ4n) is 1.98. The van der Waals surface area contributed by atoms with Crippen molar-refractivity contribution in [1.29, 1.82) is 0 Å². The predicted molar refractivity (Wildman–Crippen MR) is 70.5 cm³/mol. The molecule has 0 aliphatic carbocycles. The van der Waals surface area contributed by atoms with Gasteiger partial charge in [0, 0.05) is 37.2 Å². The molecular weight excluding hydrogens is 274 g/mol. The lowest BCUT2D eigenvalue weighted by molar-refractivity contribution is 0.0592. The highest BCUT2D eigenvalue weighted by Gasteiger charge is 2.27. The molecule has 0 bridgehead atoms. The Labute approximate surface area is 112 Å². The van der Waals surface area contributed by atoms with E-state index in [1.165, 1.54) is 12.1 Å². The van der Waals surface area contributed by atoms with Crippen LogP contribution in [-0.4, -0.2) is 50.4 Å². The summed E-state index contributed by atoms with van der Waals surface area (Å²) in [4.78, 5) is 2.35. The fraction of sp³-hybridized carbons (Fsp3) is 0.500. The largest absolute Gasteiger partial charge is 0.396 e. The number of hydrogen-bond donors (Lipinski definition) is 1. The van der Waals surface area contributed by atoms with E-state index in [4.69, 9.17) is 16.7 Å². The van der Waals surface area contributed by atoms with Crippen molar-refractivity contribution < 1.29 is 13.5 Å². The summed E-state index contributed by atoms with van der Waals surface area (Å²) in [5, 5.41) is 9.41. The van der Waals surface area contributed by atoms with Gasteiger partial charge in [0.25, 0.3) is 0 Å². The number of likely N-dealkylation sites (tertiary alicyclic amines) is 1. The Bertz CT molecular complexity index is 495. The maximum atomic E-state index is 12.0. The number of aliphatic hydroxyl groups excluding tert-OH is 1. The molecule has 0 saturated carbocycles. The molecule has 1 aromatic rings. The monoisotopic (exact) mass is 289 g/mol. The van der Waals surface area contributed by atoms with Crippen LogP contribution in [0.1, 0.15) is 0 Å². The first-order valence-electron chi connectivity index (χ1n) is 5.83. The van der Waals surface area contributed by atoms with E-state index in [1.54, 1.807) is 12.1 Å². The van der Waals surface area contributed by atoms with Crippen molar-refractivity contribution >= 4 is 21.4 Å². The molecule has 1 aliphatic heterocycles. The lowest BCUT2D eigenvalue weighted by Crippen LogP contribution is -2.49. The molecule has 1 heterocycles. The van der Waals surface area contributed by atoms with Gasteiger partial charge in [0.1, 0.15) is 0 Å². The molecule has 0 aromatic heterocycles. The fourth-order valence-corrected chi connectivity index (χ4v) is 3.39. The summed E-state index contributed by atoms with van der Waals surface area (Å²) < 4.78 is 24.0. The molecule has 1 saturated heterocycles. The van der Waals surface area contributed by atoms with Crippen LogP contribution in [-0.2, 0) is 9.84 Å². The number of nitrogens with zero attached hydrogens (tertiary/aromatic N) is 1. The zero-order chi connectivity index (χ0) is 13.2. The molecule has 18 heavy (non-hydrogen) atoms. The number of halogens is 1. The highest BCUT2D eigenvalue weighted by molar-refractivity contribution is 7.91. The first-order valence-corrected chi connectivity index (χ1v) is 7.86. The van der Waals surface area contributed by atoms with Gasteiger partial charge in [-0.15, -0.1) is 0 Å². The van der Waals surface area contributed by atoms with Crippen molar-refractivity contribution in [1.82, 2.24) is 4.90 Å². The van der Waals surface area contributed by atoms with E-state index in [0.717, 1.165) is 13.1 Å². The predicted octanol–water partition coefficient (Wildman–Crippen LogP) is 1.04. The minimum absolute atomic E-state index is 0.104. The van der Waals surface area contributed by atoms with E-state index in [-0.39, 0.29) is 12.4 Å². The molecule has 100 valence electrons. The SMILES string of the molecule is O=S(=O)(CCN1CC(CO)C1)c1ccc(Cl)cc1. The molecule has 0 spiro atoms. The molecule has 4 nitrogen and oxygen atoms in total. The zero-order valence-electron chi connectivity index (χ0n) is 9.92. The quantitative estimate of drug-likeness (QED) is 0.880. The standard InChI is InChI=1S/C12H16ClNO3S/c13-11-1-3-12(4-2-11)18(16,17)6-5-14-7-10(8-14)9-15/h1-4,10,15H,5-9H2. The normalized spacial score (nSPS) is 17.7. The Kier molecular flexibility index (Phi) is 4.27. The summed E-state index contributed by atoms with van der Waals surface area (Å²) in [5.74, 6) is 0.413. The third-order valence-corrected chi connectivity index (χ3v) is 5.10. The summed E-state index contributed by atoms with van der Waals surface area (Å²) in [7, 11) is -3.24. The summed E-state index contributed by atoms with van der Waals surface area (Å²) >= 11 is 5.73. The molecule has 1 aromatic carbocycles. The molecule has 0 radical (unpaired) electrons. The van der Waals surface area contributed by atoms with Crippen LogP contribution < -0.4 is 0 Å². The summed E-state index contributed by atoms with van der Waals surface area (Å²) in [6.45, 7) is 2.27. The second-order valence-corrected chi connectivity index (χ2v) is 7.13.